The summed E-state index contributed by atoms with van der Waals surface area (Å²) in [5, 5.41) is 15.7. The SMILES string of the molecule is O=[N+]([O-])c1ccc(-c2noc(-c3ccc(COc4ccc(Cl)cc4Cl)cc3)n2)cc1. The molecule has 1 heterocycles. The third-order valence-electron chi connectivity index (χ3n) is 4.25. The van der Waals surface area contributed by atoms with E-state index >= 15 is 0 Å². The molecule has 150 valence electrons. The van der Waals surface area contributed by atoms with Crippen LogP contribution in [-0.2, 0) is 6.61 Å². The summed E-state index contributed by atoms with van der Waals surface area (Å²) in [4.78, 5) is 14.7. The third kappa shape index (κ3) is 4.42. The van der Waals surface area contributed by atoms with Gasteiger partial charge in [0.05, 0.1) is 9.95 Å². The minimum atomic E-state index is -0.461. The Labute approximate surface area is 181 Å². The predicted molar refractivity (Wildman–Crippen MR) is 113 cm³/mol. The molecule has 0 aliphatic rings. The first-order valence-electron chi connectivity index (χ1n) is 8.75. The van der Waals surface area contributed by atoms with Crippen LogP contribution in [-0.4, -0.2) is 15.1 Å². The standard InChI is InChI=1S/C21H13Cl2N3O4/c22-16-7-10-19(18(23)11-16)29-12-13-1-3-15(4-2-13)21-24-20(25-30-21)14-5-8-17(9-6-14)26(27)28/h1-11H,12H2. The van der Waals surface area contributed by atoms with Crippen molar-refractivity contribution in [1.82, 2.24) is 10.1 Å². The van der Waals surface area contributed by atoms with Crippen molar-refractivity contribution in [2.75, 3.05) is 0 Å². The molecule has 0 saturated heterocycles. The zero-order chi connectivity index (χ0) is 21.1. The number of halogens is 2. The number of rotatable bonds is 6. The first-order valence-corrected chi connectivity index (χ1v) is 9.51. The van der Waals surface area contributed by atoms with Crippen molar-refractivity contribution in [3.05, 3.63) is 92.5 Å². The van der Waals surface area contributed by atoms with E-state index in [4.69, 9.17) is 32.5 Å². The van der Waals surface area contributed by atoms with Gasteiger partial charge in [-0.2, -0.15) is 4.98 Å². The van der Waals surface area contributed by atoms with Crippen LogP contribution in [0.1, 0.15) is 5.56 Å². The molecule has 1 aromatic heterocycles. The maximum absolute atomic E-state index is 10.8. The van der Waals surface area contributed by atoms with Crippen LogP contribution in [0.4, 0.5) is 5.69 Å². The number of non-ortho nitro benzene ring substituents is 1. The summed E-state index contributed by atoms with van der Waals surface area (Å²) in [6, 6.07) is 18.5. The molecule has 0 fully saturated rings. The zero-order valence-corrected chi connectivity index (χ0v) is 16.8. The molecule has 0 aliphatic carbocycles. The predicted octanol–water partition coefficient (Wildman–Crippen LogP) is 6.20. The van der Waals surface area contributed by atoms with Crippen LogP contribution in [0.25, 0.3) is 22.8 Å². The van der Waals surface area contributed by atoms with Gasteiger partial charge in [0.2, 0.25) is 5.82 Å². The first kappa shape index (κ1) is 19.9. The molecule has 7 nitrogen and oxygen atoms in total. The topological polar surface area (TPSA) is 91.3 Å². The third-order valence-corrected chi connectivity index (χ3v) is 4.78. The van der Waals surface area contributed by atoms with Gasteiger partial charge in [0.15, 0.2) is 0 Å². The van der Waals surface area contributed by atoms with E-state index in [1.165, 1.54) is 12.1 Å². The van der Waals surface area contributed by atoms with Crippen molar-refractivity contribution in [3.8, 4) is 28.6 Å². The van der Waals surface area contributed by atoms with Crippen LogP contribution < -0.4 is 4.74 Å². The van der Waals surface area contributed by atoms with E-state index in [2.05, 4.69) is 10.1 Å². The number of nitro groups is 1. The summed E-state index contributed by atoms with van der Waals surface area (Å²) in [5.74, 6) is 1.25. The summed E-state index contributed by atoms with van der Waals surface area (Å²) in [5.41, 5.74) is 2.30. The monoisotopic (exact) mass is 441 g/mol. The Bertz CT molecular complexity index is 1190. The molecule has 0 amide bonds. The highest BCUT2D eigenvalue weighted by atomic mass is 35.5. The lowest BCUT2D eigenvalue weighted by atomic mass is 10.1. The maximum Gasteiger partial charge on any atom is 0.269 e. The Morgan fingerprint density at radius 2 is 1.67 bits per heavy atom. The van der Waals surface area contributed by atoms with Crippen molar-refractivity contribution in [2.24, 2.45) is 0 Å². The molecule has 0 spiro atoms. The molecule has 4 aromatic rings. The number of hydrogen-bond donors (Lipinski definition) is 0. The Morgan fingerprint density at radius 3 is 2.33 bits per heavy atom. The van der Waals surface area contributed by atoms with Crippen LogP contribution in [0.2, 0.25) is 10.0 Å². The normalized spacial score (nSPS) is 10.7. The fourth-order valence-corrected chi connectivity index (χ4v) is 3.15. The Kier molecular flexibility index (Phi) is 5.65. The summed E-state index contributed by atoms with van der Waals surface area (Å²) in [6.07, 6.45) is 0. The van der Waals surface area contributed by atoms with Gasteiger partial charge in [-0.15, -0.1) is 0 Å². The fraction of sp³-hybridized carbons (Fsp3) is 0.0476. The Balaban J connectivity index is 1.44. The molecule has 0 atom stereocenters. The van der Waals surface area contributed by atoms with E-state index in [1.807, 2.05) is 24.3 Å². The molecule has 3 aromatic carbocycles. The van der Waals surface area contributed by atoms with E-state index < -0.39 is 4.92 Å². The number of ether oxygens (including phenoxy) is 1. The van der Waals surface area contributed by atoms with Crippen LogP contribution in [0.5, 0.6) is 5.75 Å². The van der Waals surface area contributed by atoms with Crippen molar-refractivity contribution < 1.29 is 14.2 Å². The minimum absolute atomic E-state index is 0.000152. The highest BCUT2D eigenvalue weighted by Crippen LogP contribution is 2.29. The number of benzene rings is 3. The lowest BCUT2D eigenvalue weighted by Crippen LogP contribution is -1.96. The number of nitrogens with zero attached hydrogens (tertiary/aromatic N) is 3. The lowest BCUT2D eigenvalue weighted by Gasteiger charge is -2.08. The smallest absolute Gasteiger partial charge is 0.269 e. The highest BCUT2D eigenvalue weighted by molar-refractivity contribution is 6.35. The van der Waals surface area contributed by atoms with Gasteiger partial charge < -0.3 is 9.26 Å². The summed E-state index contributed by atoms with van der Waals surface area (Å²) in [7, 11) is 0. The van der Waals surface area contributed by atoms with Crippen LogP contribution in [0.15, 0.2) is 71.3 Å². The molecule has 0 aliphatic heterocycles. The molecule has 30 heavy (non-hydrogen) atoms. The van der Waals surface area contributed by atoms with Crippen molar-refractivity contribution in [1.29, 1.82) is 0 Å². The molecule has 4 rings (SSSR count). The average molecular weight is 442 g/mol. The quantitative estimate of drug-likeness (QED) is 0.261. The molecule has 0 radical (unpaired) electrons. The van der Waals surface area contributed by atoms with Gasteiger partial charge in [-0.1, -0.05) is 40.5 Å². The van der Waals surface area contributed by atoms with E-state index in [-0.39, 0.29) is 5.69 Å². The van der Waals surface area contributed by atoms with Gasteiger partial charge in [-0.3, -0.25) is 10.1 Å². The van der Waals surface area contributed by atoms with Crippen molar-refractivity contribution in [3.63, 3.8) is 0 Å². The molecular formula is C21H13Cl2N3O4. The second kappa shape index (κ2) is 8.52. The van der Waals surface area contributed by atoms with Crippen molar-refractivity contribution >= 4 is 28.9 Å². The molecule has 0 bridgehead atoms. The number of nitro benzene ring substituents is 1. The maximum atomic E-state index is 10.8. The average Bonchev–Trinajstić information content (AvgIpc) is 3.24. The van der Waals surface area contributed by atoms with Crippen LogP contribution in [0, 0.1) is 10.1 Å². The van der Waals surface area contributed by atoms with E-state index in [0.717, 1.165) is 11.1 Å². The minimum Gasteiger partial charge on any atom is -0.487 e. The summed E-state index contributed by atoms with van der Waals surface area (Å²) in [6.45, 7) is 0.333. The first-order chi connectivity index (χ1) is 14.5. The van der Waals surface area contributed by atoms with E-state index in [9.17, 15) is 10.1 Å². The van der Waals surface area contributed by atoms with Gasteiger partial charge in [0.1, 0.15) is 12.4 Å². The molecule has 9 heteroatoms. The van der Waals surface area contributed by atoms with Gasteiger partial charge in [-0.05, 0) is 48.0 Å². The second-order valence-electron chi connectivity index (χ2n) is 6.29. The highest BCUT2D eigenvalue weighted by Gasteiger charge is 2.12. The zero-order valence-electron chi connectivity index (χ0n) is 15.3. The van der Waals surface area contributed by atoms with Gasteiger partial charge in [0, 0.05) is 28.3 Å². The summed E-state index contributed by atoms with van der Waals surface area (Å²) >= 11 is 12.0. The Morgan fingerprint density at radius 1 is 0.967 bits per heavy atom. The number of aromatic nitrogens is 2. The van der Waals surface area contributed by atoms with Gasteiger partial charge >= 0.3 is 0 Å². The Hall–Kier alpha value is -3.42. The van der Waals surface area contributed by atoms with Gasteiger partial charge in [-0.25, -0.2) is 0 Å². The number of hydrogen-bond acceptors (Lipinski definition) is 6. The fourth-order valence-electron chi connectivity index (χ4n) is 2.69. The largest absolute Gasteiger partial charge is 0.487 e. The van der Waals surface area contributed by atoms with Crippen molar-refractivity contribution in [2.45, 2.75) is 6.61 Å². The van der Waals surface area contributed by atoms with Crippen LogP contribution in [0.3, 0.4) is 0 Å². The second-order valence-corrected chi connectivity index (χ2v) is 7.13. The van der Waals surface area contributed by atoms with Gasteiger partial charge in [0.25, 0.3) is 11.6 Å². The molecule has 0 N–H and O–H groups in total. The molecule has 0 unspecified atom stereocenters. The lowest BCUT2D eigenvalue weighted by molar-refractivity contribution is -0.384. The van der Waals surface area contributed by atoms with Crippen LogP contribution >= 0.6 is 23.2 Å². The molecule has 0 saturated carbocycles. The summed E-state index contributed by atoms with van der Waals surface area (Å²) < 4.78 is 11.0. The molecular weight excluding hydrogens is 429 g/mol. The van der Waals surface area contributed by atoms with E-state index in [1.54, 1.807) is 30.3 Å². The van der Waals surface area contributed by atoms with E-state index in [0.29, 0.717) is 39.7 Å².